The largest absolute Gasteiger partial charge is 0.301 e. The number of amides is 1. The van der Waals surface area contributed by atoms with Gasteiger partial charge in [0.05, 0.1) is 16.6 Å². The van der Waals surface area contributed by atoms with Crippen molar-refractivity contribution in [1.82, 2.24) is 0 Å². The first kappa shape index (κ1) is 25.0. The molecule has 0 saturated carbocycles. The summed E-state index contributed by atoms with van der Waals surface area (Å²) in [4.78, 5) is 15.1. The van der Waals surface area contributed by atoms with Crippen molar-refractivity contribution in [3.63, 3.8) is 0 Å². The molecule has 0 fully saturated rings. The zero-order chi connectivity index (χ0) is 26.2. The Morgan fingerprint density at radius 2 is 1.22 bits per heavy atom. The number of nitrogens with zero attached hydrogens (tertiary/aromatic N) is 1. The average molecular weight is 506 g/mol. The summed E-state index contributed by atoms with van der Waals surface area (Å²) in [6.07, 6.45) is 2.17. The fourth-order valence-corrected chi connectivity index (χ4v) is 6.01. The van der Waals surface area contributed by atoms with Crippen LogP contribution in [0.25, 0.3) is 5.57 Å². The highest BCUT2D eigenvalue weighted by Gasteiger charge is 2.41. The Kier molecular flexibility index (Phi) is 6.56. The minimum atomic E-state index is -0.615. The molecule has 0 radical (unpaired) electrons. The second-order valence-electron chi connectivity index (χ2n) is 10.4. The topological polar surface area (TPSA) is 20.3 Å². The summed E-state index contributed by atoms with van der Waals surface area (Å²) in [5, 5.41) is -0.615. The molecule has 1 aliphatic heterocycles. The van der Waals surface area contributed by atoms with E-state index >= 15 is 0 Å². The SMILES string of the molecule is CC1=CC(C)(C)N(C(=O)[C@H](C)Cl)c2ccc(C(c3ccccc3)(c3ccccc3)c3ccccc3)cc21. The van der Waals surface area contributed by atoms with Crippen LogP contribution in [-0.4, -0.2) is 16.8 Å². The molecule has 0 saturated heterocycles. The van der Waals surface area contributed by atoms with Gasteiger partial charge in [-0.25, -0.2) is 0 Å². The van der Waals surface area contributed by atoms with Crippen LogP contribution in [0.15, 0.2) is 115 Å². The van der Waals surface area contributed by atoms with Crippen molar-refractivity contribution >= 4 is 28.8 Å². The summed E-state index contributed by atoms with van der Waals surface area (Å²) in [7, 11) is 0. The van der Waals surface area contributed by atoms with Gasteiger partial charge in [-0.2, -0.15) is 0 Å². The van der Waals surface area contributed by atoms with E-state index in [0.29, 0.717) is 0 Å². The van der Waals surface area contributed by atoms with Gasteiger partial charge in [0.1, 0.15) is 5.38 Å². The van der Waals surface area contributed by atoms with Crippen LogP contribution in [0.2, 0.25) is 0 Å². The van der Waals surface area contributed by atoms with Gasteiger partial charge in [-0.05, 0) is 67.7 Å². The number of fused-ring (bicyclic) bond motifs is 1. The van der Waals surface area contributed by atoms with Gasteiger partial charge in [0.15, 0.2) is 0 Å². The van der Waals surface area contributed by atoms with Crippen LogP contribution in [0.4, 0.5) is 5.69 Å². The van der Waals surface area contributed by atoms with E-state index in [0.717, 1.165) is 22.4 Å². The summed E-state index contributed by atoms with van der Waals surface area (Å²) in [6.45, 7) is 8.00. The van der Waals surface area contributed by atoms with Crippen LogP contribution in [0.1, 0.15) is 55.5 Å². The first-order chi connectivity index (χ1) is 17.8. The van der Waals surface area contributed by atoms with Crippen LogP contribution in [-0.2, 0) is 10.2 Å². The summed E-state index contributed by atoms with van der Waals surface area (Å²) in [5.74, 6) is -0.0927. The van der Waals surface area contributed by atoms with E-state index in [-0.39, 0.29) is 5.91 Å². The maximum atomic E-state index is 13.3. The van der Waals surface area contributed by atoms with Crippen molar-refractivity contribution in [1.29, 1.82) is 0 Å². The molecule has 2 nitrogen and oxygen atoms in total. The molecule has 0 aliphatic carbocycles. The highest BCUT2D eigenvalue weighted by Crippen LogP contribution is 2.48. The smallest absolute Gasteiger partial charge is 0.245 e. The van der Waals surface area contributed by atoms with Crippen LogP contribution in [0.3, 0.4) is 0 Å². The monoisotopic (exact) mass is 505 g/mol. The molecule has 1 heterocycles. The normalized spacial score (nSPS) is 15.5. The Hall–Kier alpha value is -3.62. The second kappa shape index (κ2) is 9.68. The van der Waals surface area contributed by atoms with Crippen LogP contribution in [0.5, 0.6) is 0 Å². The fraction of sp³-hybridized carbons (Fsp3) is 0.206. The summed E-state index contributed by atoms with van der Waals surface area (Å²) in [6, 6.07) is 38.6. The van der Waals surface area contributed by atoms with Crippen molar-refractivity contribution in [2.75, 3.05) is 4.90 Å². The third-order valence-electron chi connectivity index (χ3n) is 7.42. The van der Waals surface area contributed by atoms with Crippen LogP contribution in [0, 0.1) is 0 Å². The van der Waals surface area contributed by atoms with E-state index in [1.165, 1.54) is 16.7 Å². The van der Waals surface area contributed by atoms with E-state index in [2.05, 4.69) is 136 Å². The molecule has 5 rings (SSSR count). The summed E-state index contributed by atoms with van der Waals surface area (Å²) < 4.78 is 0. The van der Waals surface area contributed by atoms with Gasteiger partial charge in [-0.3, -0.25) is 4.79 Å². The maximum absolute atomic E-state index is 13.3. The Morgan fingerprint density at radius 3 is 1.65 bits per heavy atom. The highest BCUT2D eigenvalue weighted by molar-refractivity contribution is 6.33. The van der Waals surface area contributed by atoms with Crippen molar-refractivity contribution in [3.05, 3.63) is 143 Å². The fourth-order valence-electron chi connectivity index (χ4n) is 5.91. The van der Waals surface area contributed by atoms with E-state index in [1.54, 1.807) is 6.92 Å². The van der Waals surface area contributed by atoms with Gasteiger partial charge in [-0.15, -0.1) is 11.6 Å². The Morgan fingerprint density at radius 1 is 0.757 bits per heavy atom. The maximum Gasteiger partial charge on any atom is 0.245 e. The van der Waals surface area contributed by atoms with Gasteiger partial charge in [0.2, 0.25) is 5.91 Å². The van der Waals surface area contributed by atoms with Crippen LogP contribution < -0.4 is 4.90 Å². The second-order valence-corrected chi connectivity index (χ2v) is 11.0. The molecule has 0 bridgehead atoms. The first-order valence-electron chi connectivity index (χ1n) is 12.8. The molecule has 3 heteroatoms. The molecule has 0 unspecified atom stereocenters. The van der Waals surface area contributed by atoms with Crippen molar-refractivity contribution in [2.45, 2.75) is 44.0 Å². The standard InChI is InChI=1S/C34H32ClNO/c1-24-23-33(3,4)36(32(37)25(2)35)31-21-20-29(22-30(24)31)34(26-14-8-5-9-15-26,27-16-10-6-11-17-27)28-18-12-7-13-19-28/h5-23,25H,1-4H3/t25-/m0/s1. The van der Waals surface area contributed by atoms with Crippen molar-refractivity contribution < 1.29 is 4.79 Å². The van der Waals surface area contributed by atoms with E-state index in [9.17, 15) is 4.79 Å². The quantitative estimate of drug-likeness (QED) is 0.197. The van der Waals surface area contributed by atoms with Crippen LogP contribution >= 0.6 is 11.6 Å². The van der Waals surface area contributed by atoms with E-state index in [4.69, 9.17) is 11.6 Å². The molecule has 1 amide bonds. The number of anilines is 1. The number of halogens is 1. The molecule has 4 aromatic rings. The van der Waals surface area contributed by atoms with Gasteiger partial charge in [0.25, 0.3) is 0 Å². The lowest BCUT2D eigenvalue weighted by molar-refractivity contribution is -0.118. The third-order valence-corrected chi connectivity index (χ3v) is 7.61. The lowest BCUT2D eigenvalue weighted by Crippen LogP contribution is -2.51. The Balaban J connectivity index is 1.84. The highest BCUT2D eigenvalue weighted by atomic mass is 35.5. The van der Waals surface area contributed by atoms with E-state index in [1.807, 2.05) is 4.90 Å². The van der Waals surface area contributed by atoms with Gasteiger partial charge in [-0.1, -0.05) is 103 Å². The Labute approximate surface area is 225 Å². The number of hydrogen-bond donors (Lipinski definition) is 0. The molecule has 0 N–H and O–H groups in total. The molecule has 37 heavy (non-hydrogen) atoms. The average Bonchev–Trinajstić information content (AvgIpc) is 2.90. The third kappa shape index (κ3) is 4.20. The van der Waals surface area contributed by atoms with Crippen molar-refractivity contribution in [2.24, 2.45) is 0 Å². The summed E-state index contributed by atoms with van der Waals surface area (Å²) >= 11 is 6.32. The molecule has 0 spiro atoms. The predicted molar refractivity (Wildman–Crippen MR) is 155 cm³/mol. The van der Waals surface area contributed by atoms with Gasteiger partial charge < -0.3 is 4.90 Å². The van der Waals surface area contributed by atoms with Gasteiger partial charge >= 0.3 is 0 Å². The minimum Gasteiger partial charge on any atom is -0.301 e. The molecule has 1 atom stereocenters. The number of rotatable bonds is 5. The number of alkyl halides is 1. The lowest BCUT2D eigenvalue weighted by Gasteiger charge is -2.43. The molecule has 4 aromatic carbocycles. The van der Waals surface area contributed by atoms with Crippen molar-refractivity contribution in [3.8, 4) is 0 Å². The van der Waals surface area contributed by atoms with Gasteiger partial charge in [0, 0.05) is 5.56 Å². The zero-order valence-corrected chi connectivity index (χ0v) is 22.5. The number of carbonyl (C=O) groups excluding carboxylic acids is 1. The number of carbonyl (C=O) groups is 1. The predicted octanol–water partition coefficient (Wildman–Crippen LogP) is 8.23. The van der Waals surface area contributed by atoms with E-state index < -0.39 is 16.3 Å². The molecular formula is C34H32ClNO. The number of hydrogen-bond acceptors (Lipinski definition) is 1. The molecular weight excluding hydrogens is 474 g/mol. The molecule has 0 aromatic heterocycles. The number of allylic oxidation sites excluding steroid dienone is 1. The number of benzene rings is 4. The lowest BCUT2D eigenvalue weighted by atomic mass is 9.64. The Bertz CT molecular complexity index is 1340. The first-order valence-corrected chi connectivity index (χ1v) is 13.2. The molecule has 186 valence electrons. The zero-order valence-electron chi connectivity index (χ0n) is 21.8. The molecule has 1 aliphatic rings. The summed E-state index contributed by atoms with van der Waals surface area (Å²) in [5.41, 5.74) is 6.79. The minimum absolute atomic E-state index is 0.0927.